The van der Waals surface area contributed by atoms with Crippen LogP contribution in [0.25, 0.3) is 0 Å². The number of benzene rings is 1. The Morgan fingerprint density at radius 1 is 1.56 bits per heavy atom. The van der Waals surface area contributed by atoms with Gasteiger partial charge in [0.15, 0.2) is 10.0 Å². The van der Waals surface area contributed by atoms with Gasteiger partial charge in [-0.1, -0.05) is 29.4 Å². The van der Waals surface area contributed by atoms with Crippen molar-refractivity contribution in [2.45, 2.75) is 29.3 Å². The second-order valence-electron chi connectivity index (χ2n) is 6.04. The molecule has 0 spiro atoms. The van der Waals surface area contributed by atoms with Gasteiger partial charge in [-0.2, -0.15) is 0 Å². The largest absolute Gasteiger partial charge is 0.476 e. The number of carboxylic acids is 1. The molecule has 1 aromatic heterocycles. The Hall–Kier alpha value is -1.68. The highest BCUT2D eigenvalue weighted by atomic mass is 35.5. The van der Waals surface area contributed by atoms with E-state index in [1.54, 1.807) is 17.0 Å². The maximum absolute atomic E-state index is 14.2. The molecule has 2 aromatic rings. The average Bonchev–Trinajstić information content (AvgIpc) is 3.22. The summed E-state index contributed by atoms with van der Waals surface area (Å²) >= 11 is 8.42. The molecule has 1 aliphatic rings. The van der Waals surface area contributed by atoms with Gasteiger partial charge in [0, 0.05) is 34.7 Å². The third-order valence-electron chi connectivity index (χ3n) is 4.37. The summed E-state index contributed by atoms with van der Waals surface area (Å²) in [6.07, 6.45) is 0.936. The lowest BCUT2D eigenvalue weighted by molar-refractivity contribution is -0.128. The molecule has 0 radical (unpaired) electrons. The molecule has 6 nitrogen and oxygen atoms in total. The number of nitrogens with zero attached hydrogens (tertiary/aromatic N) is 2. The Labute approximate surface area is 168 Å². The van der Waals surface area contributed by atoms with Crippen LogP contribution in [0.5, 0.6) is 0 Å². The van der Waals surface area contributed by atoms with Crippen molar-refractivity contribution in [2.24, 2.45) is 5.73 Å². The third kappa shape index (κ3) is 4.60. The Kier molecular flexibility index (Phi) is 6.36. The zero-order valence-corrected chi connectivity index (χ0v) is 16.5. The van der Waals surface area contributed by atoms with Crippen molar-refractivity contribution in [1.82, 2.24) is 9.88 Å². The van der Waals surface area contributed by atoms with Crippen molar-refractivity contribution in [3.05, 3.63) is 45.7 Å². The molecule has 0 saturated carbocycles. The lowest BCUT2D eigenvalue weighted by Crippen LogP contribution is -2.41. The topological polar surface area (TPSA) is 96.5 Å². The number of aromatic carboxylic acids is 1. The third-order valence-corrected chi connectivity index (χ3v) is 6.61. The molecule has 3 N–H and O–H groups in total. The van der Waals surface area contributed by atoms with E-state index in [0.717, 1.165) is 0 Å². The molecule has 1 unspecified atom stereocenters. The van der Waals surface area contributed by atoms with Crippen molar-refractivity contribution in [3.8, 4) is 0 Å². The van der Waals surface area contributed by atoms with Crippen LogP contribution >= 0.6 is 34.7 Å². The Bertz CT molecular complexity index is 864. The number of nitrogens with two attached hydrogens (primary N) is 1. The van der Waals surface area contributed by atoms with Crippen LogP contribution < -0.4 is 5.73 Å². The van der Waals surface area contributed by atoms with Crippen LogP contribution in [0.1, 0.15) is 34.9 Å². The van der Waals surface area contributed by atoms with Gasteiger partial charge in [0.25, 0.3) is 0 Å². The average molecular weight is 430 g/mol. The molecule has 10 heteroatoms. The molecule has 1 aromatic carbocycles. The first kappa shape index (κ1) is 20.1. The molecule has 1 amide bonds. The number of carbonyl (C=O) groups excluding carboxylic acids is 1. The monoisotopic (exact) mass is 429 g/mol. The van der Waals surface area contributed by atoms with Crippen LogP contribution in [0, 0.1) is 5.82 Å². The SMILES string of the molecule is NC(c1ccc(Cl)cc1F)[C@H]1CCC(=O)N1CCSc1nc(C(=O)O)cs1. The number of thioether (sulfide) groups is 1. The van der Waals surface area contributed by atoms with Gasteiger partial charge in [0.05, 0.1) is 12.1 Å². The molecule has 3 rings (SSSR count). The van der Waals surface area contributed by atoms with Gasteiger partial charge in [0.1, 0.15) is 5.82 Å². The van der Waals surface area contributed by atoms with E-state index in [0.29, 0.717) is 40.1 Å². The van der Waals surface area contributed by atoms with Crippen molar-refractivity contribution in [3.63, 3.8) is 0 Å². The number of amides is 1. The van der Waals surface area contributed by atoms with E-state index in [-0.39, 0.29) is 17.6 Å². The highest BCUT2D eigenvalue weighted by molar-refractivity contribution is 8.01. The van der Waals surface area contributed by atoms with Gasteiger partial charge in [0.2, 0.25) is 5.91 Å². The summed E-state index contributed by atoms with van der Waals surface area (Å²) in [7, 11) is 0. The van der Waals surface area contributed by atoms with E-state index in [2.05, 4.69) is 4.98 Å². The molecule has 2 heterocycles. The first-order valence-electron chi connectivity index (χ1n) is 8.18. The summed E-state index contributed by atoms with van der Waals surface area (Å²) in [5, 5.41) is 10.7. The zero-order valence-electron chi connectivity index (χ0n) is 14.1. The molecule has 0 aliphatic carbocycles. The number of likely N-dealkylation sites (tertiary alicyclic amines) is 1. The standard InChI is InChI=1S/C17H17ClFN3O3S2/c18-9-1-2-10(11(19)7-9)15(20)13-3-4-14(23)22(13)5-6-26-17-21-12(8-27-17)16(24)25/h1-2,7-8,13,15H,3-6,20H2,(H,24,25)/t13-,15?/m1/s1. The van der Waals surface area contributed by atoms with E-state index in [9.17, 15) is 14.0 Å². The number of carbonyl (C=O) groups is 2. The van der Waals surface area contributed by atoms with E-state index in [4.69, 9.17) is 22.4 Å². The van der Waals surface area contributed by atoms with E-state index < -0.39 is 17.8 Å². The molecule has 2 atom stereocenters. The maximum Gasteiger partial charge on any atom is 0.355 e. The number of carboxylic acid groups (broad SMARTS) is 1. The minimum absolute atomic E-state index is 0.0119. The molecular weight excluding hydrogens is 413 g/mol. The lowest BCUT2D eigenvalue weighted by atomic mass is 9.98. The fraction of sp³-hybridized carbons (Fsp3) is 0.353. The van der Waals surface area contributed by atoms with Gasteiger partial charge < -0.3 is 15.7 Å². The number of aromatic nitrogens is 1. The Balaban J connectivity index is 1.64. The van der Waals surface area contributed by atoms with Crippen LogP contribution in [-0.4, -0.2) is 45.2 Å². The minimum Gasteiger partial charge on any atom is -0.476 e. The summed E-state index contributed by atoms with van der Waals surface area (Å²) in [4.78, 5) is 28.8. The summed E-state index contributed by atoms with van der Waals surface area (Å²) < 4.78 is 14.8. The maximum atomic E-state index is 14.2. The van der Waals surface area contributed by atoms with E-state index in [1.165, 1.54) is 34.5 Å². The number of thiazole rings is 1. The molecule has 1 fully saturated rings. The van der Waals surface area contributed by atoms with Gasteiger partial charge in [-0.15, -0.1) is 11.3 Å². The van der Waals surface area contributed by atoms with E-state index >= 15 is 0 Å². The highest BCUT2D eigenvalue weighted by Crippen LogP contribution is 2.31. The summed E-state index contributed by atoms with van der Waals surface area (Å²) in [5.41, 5.74) is 6.61. The second-order valence-corrected chi connectivity index (χ2v) is 8.67. The Morgan fingerprint density at radius 3 is 3.00 bits per heavy atom. The number of hydrogen-bond acceptors (Lipinski definition) is 6. The van der Waals surface area contributed by atoms with Crippen LogP contribution in [0.15, 0.2) is 27.9 Å². The first-order chi connectivity index (χ1) is 12.9. The predicted molar refractivity (Wildman–Crippen MR) is 103 cm³/mol. The van der Waals surface area contributed by atoms with Crippen molar-refractivity contribution in [2.75, 3.05) is 12.3 Å². The van der Waals surface area contributed by atoms with Crippen LogP contribution in [0.3, 0.4) is 0 Å². The summed E-state index contributed by atoms with van der Waals surface area (Å²) in [6, 6.07) is 3.42. The fourth-order valence-corrected chi connectivity index (χ4v) is 5.02. The Morgan fingerprint density at radius 2 is 2.33 bits per heavy atom. The molecule has 144 valence electrons. The molecular formula is C17H17ClFN3O3S2. The highest BCUT2D eigenvalue weighted by Gasteiger charge is 2.36. The first-order valence-corrected chi connectivity index (χ1v) is 10.4. The number of rotatable bonds is 7. The second kappa shape index (κ2) is 8.55. The normalized spacial score (nSPS) is 18.1. The van der Waals surface area contributed by atoms with Gasteiger partial charge in [-0.25, -0.2) is 14.2 Å². The van der Waals surface area contributed by atoms with Crippen LogP contribution in [-0.2, 0) is 4.79 Å². The molecule has 1 aliphatic heterocycles. The molecule has 27 heavy (non-hydrogen) atoms. The van der Waals surface area contributed by atoms with Crippen LogP contribution in [0.4, 0.5) is 4.39 Å². The predicted octanol–water partition coefficient (Wildman–Crippen LogP) is 3.42. The quantitative estimate of drug-likeness (QED) is 0.654. The van der Waals surface area contributed by atoms with Gasteiger partial charge >= 0.3 is 5.97 Å². The van der Waals surface area contributed by atoms with Gasteiger partial charge in [-0.05, 0) is 18.6 Å². The molecule has 1 saturated heterocycles. The fourth-order valence-electron chi connectivity index (χ4n) is 3.05. The van der Waals surface area contributed by atoms with E-state index in [1.807, 2.05) is 0 Å². The van der Waals surface area contributed by atoms with Gasteiger partial charge in [-0.3, -0.25) is 4.79 Å². The van der Waals surface area contributed by atoms with Crippen molar-refractivity contribution in [1.29, 1.82) is 0 Å². The lowest BCUT2D eigenvalue weighted by Gasteiger charge is -2.30. The van der Waals surface area contributed by atoms with Crippen molar-refractivity contribution >= 4 is 46.6 Å². The minimum atomic E-state index is -1.07. The number of hydrogen-bond donors (Lipinski definition) is 2. The van der Waals surface area contributed by atoms with Crippen molar-refractivity contribution < 1.29 is 19.1 Å². The van der Waals surface area contributed by atoms with Crippen LogP contribution in [0.2, 0.25) is 5.02 Å². The number of halogens is 2. The summed E-state index contributed by atoms with van der Waals surface area (Å²) in [6.45, 7) is 0.430. The smallest absolute Gasteiger partial charge is 0.355 e. The zero-order chi connectivity index (χ0) is 19.6. The summed E-state index contributed by atoms with van der Waals surface area (Å²) in [5.74, 6) is -1.02. The molecule has 0 bridgehead atoms.